The van der Waals surface area contributed by atoms with E-state index in [-0.39, 0.29) is 6.04 Å². The first-order valence-electron chi connectivity index (χ1n) is 7.33. The van der Waals surface area contributed by atoms with Gasteiger partial charge < -0.3 is 5.73 Å². The zero-order valence-electron chi connectivity index (χ0n) is 13.8. The number of rotatable bonds is 2. The normalized spacial score (nSPS) is 12.6. The maximum Gasteiger partial charge on any atom is 0.0557 e. The summed E-state index contributed by atoms with van der Waals surface area (Å²) in [6.07, 6.45) is 0. The van der Waals surface area contributed by atoms with Crippen molar-refractivity contribution in [2.24, 2.45) is 5.73 Å². The van der Waals surface area contributed by atoms with Gasteiger partial charge in [0.15, 0.2) is 0 Å². The number of hydrogen-bond acceptors (Lipinski definition) is 1. The lowest BCUT2D eigenvalue weighted by atomic mass is 9.84. The summed E-state index contributed by atoms with van der Waals surface area (Å²) in [7, 11) is 0. The fourth-order valence-electron chi connectivity index (χ4n) is 3.11. The second kappa shape index (κ2) is 5.82. The molecule has 1 atom stereocenters. The first kappa shape index (κ1) is 16.1. The molecule has 112 valence electrons. The molecular formula is C19H24ClN. The second-order valence-electron chi connectivity index (χ2n) is 6.08. The molecule has 0 aliphatic heterocycles. The first-order chi connectivity index (χ1) is 9.73. The van der Waals surface area contributed by atoms with Crippen LogP contribution in [0.2, 0.25) is 5.02 Å². The molecule has 2 rings (SSSR count). The summed E-state index contributed by atoms with van der Waals surface area (Å²) in [6, 6.07) is 5.92. The van der Waals surface area contributed by atoms with Gasteiger partial charge in [0.05, 0.1) is 6.04 Å². The molecule has 0 heterocycles. The second-order valence-corrected chi connectivity index (χ2v) is 6.51. The van der Waals surface area contributed by atoms with Crippen molar-refractivity contribution < 1.29 is 0 Å². The summed E-state index contributed by atoms with van der Waals surface area (Å²) in [5, 5.41) is 0.747. The van der Waals surface area contributed by atoms with Crippen molar-refractivity contribution in [3.05, 3.63) is 67.7 Å². The van der Waals surface area contributed by atoms with E-state index in [0.29, 0.717) is 0 Å². The van der Waals surface area contributed by atoms with Gasteiger partial charge in [0.2, 0.25) is 0 Å². The number of halogens is 1. The van der Waals surface area contributed by atoms with Gasteiger partial charge in [0.1, 0.15) is 0 Å². The van der Waals surface area contributed by atoms with E-state index >= 15 is 0 Å². The highest BCUT2D eigenvalue weighted by Gasteiger charge is 2.19. The van der Waals surface area contributed by atoms with E-state index in [1.807, 2.05) is 19.1 Å². The third kappa shape index (κ3) is 2.86. The minimum absolute atomic E-state index is 0.139. The van der Waals surface area contributed by atoms with Crippen LogP contribution in [0.3, 0.4) is 0 Å². The summed E-state index contributed by atoms with van der Waals surface area (Å²) in [4.78, 5) is 0. The molecule has 0 bridgehead atoms. The van der Waals surface area contributed by atoms with Gasteiger partial charge in [-0.2, -0.15) is 0 Å². The average molecular weight is 302 g/mol. The molecule has 2 aromatic rings. The van der Waals surface area contributed by atoms with Gasteiger partial charge in [0, 0.05) is 5.02 Å². The molecule has 1 unspecified atom stereocenters. The highest BCUT2D eigenvalue weighted by atomic mass is 35.5. The minimum atomic E-state index is -0.139. The predicted octanol–water partition coefficient (Wildman–Crippen LogP) is 5.24. The Kier molecular flexibility index (Phi) is 4.46. The Hall–Kier alpha value is -1.31. The van der Waals surface area contributed by atoms with E-state index in [4.69, 9.17) is 17.3 Å². The van der Waals surface area contributed by atoms with Crippen LogP contribution in [-0.4, -0.2) is 0 Å². The van der Waals surface area contributed by atoms with Gasteiger partial charge in [-0.1, -0.05) is 17.7 Å². The molecule has 0 spiro atoms. The van der Waals surface area contributed by atoms with Gasteiger partial charge in [-0.15, -0.1) is 0 Å². The summed E-state index contributed by atoms with van der Waals surface area (Å²) < 4.78 is 0. The molecule has 0 aliphatic carbocycles. The lowest BCUT2D eigenvalue weighted by Crippen LogP contribution is -2.17. The van der Waals surface area contributed by atoms with Gasteiger partial charge >= 0.3 is 0 Å². The number of benzene rings is 2. The Bertz CT molecular complexity index is 652. The summed E-state index contributed by atoms with van der Waals surface area (Å²) in [5.74, 6) is 0. The number of nitrogens with two attached hydrogens (primary N) is 1. The molecule has 0 saturated heterocycles. The van der Waals surface area contributed by atoms with Gasteiger partial charge in [-0.3, -0.25) is 0 Å². The highest BCUT2D eigenvalue weighted by molar-refractivity contribution is 6.30. The fourth-order valence-corrected chi connectivity index (χ4v) is 3.40. The van der Waals surface area contributed by atoms with Crippen LogP contribution in [0.15, 0.2) is 18.2 Å². The SMILES string of the molecule is Cc1cc(Cl)cc(C(N)c2c(C)c(C)c(C)c(C)c2C)c1. The number of aryl methyl sites for hydroxylation is 1. The summed E-state index contributed by atoms with van der Waals surface area (Å²) >= 11 is 6.19. The van der Waals surface area contributed by atoms with Crippen LogP contribution >= 0.6 is 11.6 Å². The van der Waals surface area contributed by atoms with Gasteiger partial charge in [-0.25, -0.2) is 0 Å². The molecule has 2 heteroatoms. The van der Waals surface area contributed by atoms with Crippen LogP contribution in [-0.2, 0) is 0 Å². The maximum atomic E-state index is 6.58. The van der Waals surface area contributed by atoms with E-state index in [0.717, 1.165) is 16.1 Å². The Morgan fingerprint density at radius 3 is 1.71 bits per heavy atom. The Balaban J connectivity index is 2.66. The summed E-state index contributed by atoms with van der Waals surface area (Å²) in [5.41, 5.74) is 16.7. The fraction of sp³-hybridized carbons (Fsp3) is 0.368. The molecule has 2 aromatic carbocycles. The Morgan fingerprint density at radius 1 is 0.762 bits per heavy atom. The quantitative estimate of drug-likeness (QED) is 0.806. The lowest BCUT2D eigenvalue weighted by Gasteiger charge is -2.24. The van der Waals surface area contributed by atoms with E-state index in [1.165, 1.54) is 33.4 Å². The van der Waals surface area contributed by atoms with E-state index in [1.54, 1.807) is 0 Å². The molecule has 2 N–H and O–H groups in total. The lowest BCUT2D eigenvalue weighted by molar-refractivity contribution is 0.841. The van der Waals surface area contributed by atoms with Crippen molar-refractivity contribution in [2.45, 2.75) is 47.6 Å². The Morgan fingerprint density at radius 2 is 1.24 bits per heavy atom. The molecular weight excluding hydrogens is 278 g/mol. The van der Waals surface area contributed by atoms with E-state index in [2.05, 4.69) is 40.7 Å². The standard InChI is InChI=1S/C19H24ClN/c1-10-7-16(9-17(20)8-10)19(21)18-14(5)12(3)11(2)13(4)15(18)6/h7-9,19H,21H2,1-6H3. The van der Waals surface area contributed by atoms with Gasteiger partial charge in [-0.05, 0) is 98.2 Å². The Labute approximate surface area is 133 Å². The predicted molar refractivity (Wildman–Crippen MR) is 92.3 cm³/mol. The van der Waals surface area contributed by atoms with E-state index in [9.17, 15) is 0 Å². The zero-order chi connectivity index (χ0) is 15.9. The molecule has 0 aromatic heterocycles. The molecule has 0 aliphatic rings. The van der Waals surface area contributed by atoms with Crippen molar-refractivity contribution in [1.29, 1.82) is 0 Å². The molecule has 1 nitrogen and oxygen atoms in total. The van der Waals surface area contributed by atoms with Crippen LogP contribution in [0.1, 0.15) is 50.5 Å². The molecule has 0 amide bonds. The largest absolute Gasteiger partial charge is 0.320 e. The maximum absolute atomic E-state index is 6.58. The van der Waals surface area contributed by atoms with Crippen LogP contribution in [0, 0.1) is 41.5 Å². The third-order valence-electron chi connectivity index (χ3n) is 4.79. The number of hydrogen-bond donors (Lipinski definition) is 1. The molecule has 0 saturated carbocycles. The zero-order valence-corrected chi connectivity index (χ0v) is 14.5. The van der Waals surface area contributed by atoms with Crippen molar-refractivity contribution in [2.75, 3.05) is 0 Å². The van der Waals surface area contributed by atoms with Crippen LogP contribution in [0.5, 0.6) is 0 Å². The summed E-state index contributed by atoms with van der Waals surface area (Å²) in [6.45, 7) is 12.9. The molecule has 21 heavy (non-hydrogen) atoms. The van der Waals surface area contributed by atoms with Crippen molar-refractivity contribution in [3.63, 3.8) is 0 Å². The van der Waals surface area contributed by atoms with Crippen LogP contribution < -0.4 is 5.73 Å². The minimum Gasteiger partial charge on any atom is -0.320 e. The van der Waals surface area contributed by atoms with Crippen molar-refractivity contribution in [3.8, 4) is 0 Å². The molecule has 0 fully saturated rings. The van der Waals surface area contributed by atoms with Crippen molar-refractivity contribution in [1.82, 2.24) is 0 Å². The topological polar surface area (TPSA) is 26.0 Å². The van der Waals surface area contributed by atoms with Crippen LogP contribution in [0.4, 0.5) is 0 Å². The third-order valence-corrected chi connectivity index (χ3v) is 5.01. The van der Waals surface area contributed by atoms with Crippen LogP contribution in [0.25, 0.3) is 0 Å². The smallest absolute Gasteiger partial charge is 0.0557 e. The monoisotopic (exact) mass is 301 g/mol. The van der Waals surface area contributed by atoms with Gasteiger partial charge in [0.25, 0.3) is 0 Å². The molecule has 0 radical (unpaired) electrons. The van der Waals surface area contributed by atoms with Crippen molar-refractivity contribution >= 4 is 11.6 Å². The first-order valence-corrected chi connectivity index (χ1v) is 7.71. The van der Waals surface area contributed by atoms with E-state index < -0.39 is 0 Å². The average Bonchev–Trinajstić information content (AvgIpc) is 2.42. The highest BCUT2D eigenvalue weighted by Crippen LogP contribution is 2.33.